The Kier molecular flexibility index (Phi) is 6.08. The molecule has 6 nitrogen and oxygen atoms in total. The van der Waals surface area contributed by atoms with Crippen molar-refractivity contribution in [3.05, 3.63) is 29.3 Å². The van der Waals surface area contributed by atoms with Crippen molar-refractivity contribution in [3.8, 4) is 0 Å². The molecule has 1 aromatic rings. The van der Waals surface area contributed by atoms with E-state index >= 15 is 0 Å². The second-order valence-corrected chi connectivity index (χ2v) is 7.13. The van der Waals surface area contributed by atoms with Gasteiger partial charge in [0.15, 0.2) is 0 Å². The number of carbonyl (C=O) groups excluding carboxylic acids is 1. The van der Waals surface area contributed by atoms with Gasteiger partial charge in [-0.05, 0) is 61.8 Å². The lowest BCUT2D eigenvalue weighted by molar-refractivity contribution is -0.118. The first-order valence-corrected chi connectivity index (χ1v) is 9.30. The first-order chi connectivity index (χ1) is 12.5. The van der Waals surface area contributed by atoms with E-state index in [0.717, 1.165) is 19.3 Å². The molecule has 2 amide bonds. The Morgan fingerprint density at radius 1 is 1.23 bits per heavy atom. The van der Waals surface area contributed by atoms with Crippen LogP contribution in [0.5, 0.6) is 0 Å². The molecule has 3 rings (SSSR count). The van der Waals surface area contributed by atoms with Crippen molar-refractivity contribution in [1.82, 2.24) is 10.2 Å². The Balaban J connectivity index is 1.57. The molecular formula is C19H26FN3O3. The third kappa shape index (κ3) is 4.94. The fourth-order valence-corrected chi connectivity index (χ4v) is 3.73. The summed E-state index contributed by atoms with van der Waals surface area (Å²) in [6.45, 7) is 1.86. The Morgan fingerprint density at radius 2 is 1.96 bits per heavy atom. The number of rotatable bonds is 6. The summed E-state index contributed by atoms with van der Waals surface area (Å²) in [5.41, 5.74) is 3.27. The zero-order valence-electron chi connectivity index (χ0n) is 14.8. The lowest BCUT2D eigenvalue weighted by Gasteiger charge is -2.29. The quantitative estimate of drug-likeness (QED) is 0.726. The van der Waals surface area contributed by atoms with Crippen LogP contribution in [0.1, 0.15) is 36.8 Å². The minimum Gasteiger partial charge on any atom is -0.465 e. The second kappa shape index (κ2) is 8.49. The highest BCUT2D eigenvalue weighted by molar-refractivity contribution is 5.96. The van der Waals surface area contributed by atoms with Gasteiger partial charge in [-0.1, -0.05) is 6.07 Å². The maximum absolute atomic E-state index is 13.2. The summed E-state index contributed by atoms with van der Waals surface area (Å²) in [6.07, 6.45) is 2.61. The number of amides is 2. The summed E-state index contributed by atoms with van der Waals surface area (Å²) in [5.74, 6) is -0.356. The van der Waals surface area contributed by atoms with Gasteiger partial charge in [0.1, 0.15) is 12.2 Å². The van der Waals surface area contributed by atoms with Crippen molar-refractivity contribution in [3.63, 3.8) is 0 Å². The lowest BCUT2D eigenvalue weighted by atomic mass is 10.1. The number of carboxylic acid groups (broad SMARTS) is 1. The molecule has 0 spiro atoms. The Morgan fingerprint density at radius 3 is 2.69 bits per heavy atom. The normalized spacial score (nSPS) is 19.0. The molecular weight excluding hydrogens is 337 g/mol. The number of piperidine rings is 1. The van der Waals surface area contributed by atoms with Gasteiger partial charge in [-0.15, -0.1) is 0 Å². The van der Waals surface area contributed by atoms with Gasteiger partial charge in [-0.3, -0.25) is 4.79 Å². The minimum atomic E-state index is -1.22. The summed E-state index contributed by atoms with van der Waals surface area (Å²) in [7, 11) is 0. The maximum Gasteiger partial charge on any atom is 0.405 e. The lowest BCUT2D eigenvalue weighted by Crippen LogP contribution is -2.46. The van der Waals surface area contributed by atoms with E-state index in [4.69, 9.17) is 5.11 Å². The zero-order chi connectivity index (χ0) is 18.5. The molecule has 1 atom stereocenters. The van der Waals surface area contributed by atoms with Crippen molar-refractivity contribution >= 4 is 17.7 Å². The molecule has 0 bridgehead atoms. The molecule has 26 heavy (non-hydrogen) atoms. The van der Waals surface area contributed by atoms with Crippen molar-refractivity contribution in [1.29, 1.82) is 0 Å². The summed E-state index contributed by atoms with van der Waals surface area (Å²) in [5, 5.41) is 14.2. The fraction of sp³-hybridized carbons (Fsp3) is 0.579. The Hall–Kier alpha value is -2.15. The number of anilines is 1. The summed E-state index contributed by atoms with van der Waals surface area (Å²) in [6, 6.07) is 5.04. The number of benzene rings is 1. The number of halogens is 1. The molecule has 0 aromatic heterocycles. The summed E-state index contributed by atoms with van der Waals surface area (Å²) in [4.78, 5) is 25.7. The number of hydrogen-bond donors (Lipinski definition) is 3. The van der Waals surface area contributed by atoms with Crippen LogP contribution < -0.4 is 10.6 Å². The molecule has 1 aromatic carbocycles. The van der Waals surface area contributed by atoms with E-state index in [0.29, 0.717) is 44.6 Å². The van der Waals surface area contributed by atoms with Crippen molar-refractivity contribution < 1.29 is 19.1 Å². The van der Waals surface area contributed by atoms with E-state index < -0.39 is 18.3 Å². The van der Waals surface area contributed by atoms with E-state index in [9.17, 15) is 14.0 Å². The number of aryl methyl sites for hydroxylation is 2. The predicted octanol–water partition coefficient (Wildman–Crippen LogP) is 2.57. The molecule has 142 valence electrons. The van der Waals surface area contributed by atoms with Gasteiger partial charge < -0.3 is 20.6 Å². The molecule has 0 saturated carbocycles. The van der Waals surface area contributed by atoms with Crippen LogP contribution in [0.3, 0.4) is 0 Å². The number of hydrogen-bond acceptors (Lipinski definition) is 3. The van der Waals surface area contributed by atoms with Gasteiger partial charge in [-0.2, -0.15) is 0 Å². The third-order valence-electron chi connectivity index (χ3n) is 5.23. The van der Waals surface area contributed by atoms with Gasteiger partial charge in [0.25, 0.3) is 0 Å². The molecule has 2 aliphatic rings. The number of alkyl halides is 1. The van der Waals surface area contributed by atoms with E-state index in [-0.39, 0.29) is 5.91 Å². The average Bonchev–Trinajstić information content (AvgIpc) is 3.07. The first kappa shape index (κ1) is 18.6. The number of nitrogens with one attached hydrogen (secondary N) is 2. The van der Waals surface area contributed by atoms with E-state index in [1.165, 1.54) is 11.1 Å². The summed E-state index contributed by atoms with van der Waals surface area (Å²) < 4.78 is 13.2. The SMILES string of the molecule is O=C(O)NC(CCN1CCC(F)CC1)C(=O)Nc1ccc2c(c1)CCC2. The van der Waals surface area contributed by atoms with E-state index in [1.807, 2.05) is 18.2 Å². The molecule has 1 aliphatic carbocycles. The highest BCUT2D eigenvalue weighted by atomic mass is 19.1. The van der Waals surface area contributed by atoms with Crippen LogP contribution in [0.15, 0.2) is 18.2 Å². The van der Waals surface area contributed by atoms with Gasteiger partial charge in [0.05, 0.1) is 0 Å². The number of nitrogens with zero attached hydrogens (tertiary/aromatic N) is 1. The van der Waals surface area contributed by atoms with Gasteiger partial charge in [0, 0.05) is 25.3 Å². The molecule has 7 heteroatoms. The van der Waals surface area contributed by atoms with Crippen LogP contribution in [0.2, 0.25) is 0 Å². The molecule has 1 aliphatic heterocycles. The van der Waals surface area contributed by atoms with Gasteiger partial charge in [-0.25, -0.2) is 9.18 Å². The number of fused-ring (bicyclic) bond motifs is 1. The predicted molar refractivity (Wildman–Crippen MR) is 97.2 cm³/mol. The zero-order valence-corrected chi connectivity index (χ0v) is 14.8. The average molecular weight is 363 g/mol. The number of likely N-dealkylation sites (tertiary alicyclic amines) is 1. The van der Waals surface area contributed by atoms with E-state index in [1.54, 1.807) is 0 Å². The fourth-order valence-electron chi connectivity index (χ4n) is 3.73. The molecule has 1 saturated heterocycles. The Bertz CT molecular complexity index is 659. The van der Waals surface area contributed by atoms with Crippen molar-refractivity contribution in [2.24, 2.45) is 0 Å². The molecule has 1 heterocycles. The third-order valence-corrected chi connectivity index (χ3v) is 5.23. The van der Waals surface area contributed by atoms with Crippen LogP contribution in [0.4, 0.5) is 14.9 Å². The molecule has 1 fully saturated rings. The minimum absolute atomic E-state index is 0.356. The van der Waals surface area contributed by atoms with Gasteiger partial charge >= 0.3 is 6.09 Å². The largest absolute Gasteiger partial charge is 0.465 e. The van der Waals surface area contributed by atoms with Crippen LogP contribution in [0.25, 0.3) is 0 Å². The standard InChI is InChI=1S/C19H26FN3O3/c20-15-6-9-23(10-7-15)11-8-17(22-19(25)26)18(24)21-16-5-4-13-2-1-3-14(13)12-16/h4-5,12,15,17,22H,1-3,6-11H2,(H,21,24)(H,25,26). The Labute approximate surface area is 152 Å². The van der Waals surface area contributed by atoms with E-state index in [2.05, 4.69) is 15.5 Å². The molecule has 1 unspecified atom stereocenters. The monoisotopic (exact) mass is 363 g/mol. The van der Waals surface area contributed by atoms with Crippen molar-refractivity contribution in [2.75, 3.05) is 25.0 Å². The highest BCUT2D eigenvalue weighted by Gasteiger charge is 2.24. The molecule has 3 N–H and O–H groups in total. The van der Waals surface area contributed by atoms with Crippen LogP contribution in [0, 0.1) is 0 Å². The topological polar surface area (TPSA) is 81.7 Å². The smallest absolute Gasteiger partial charge is 0.405 e. The van der Waals surface area contributed by atoms with Crippen LogP contribution in [-0.4, -0.2) is 53.9 Å². The molecule has 0 radical (unpaired) electrons. The number of carbonyl (C=O) groups is 2. The maximum atomic E-state index is 13.2. The van der Waals surface area contributed by atoms with Crippen LogP contribution >= 0.6 is 0 Å². The van der Waals surface area contributed by atoms with Gasteiger partial charge in [0.2, 0.25) is 5.91 Å². The second-order valence-electron chi connectivity index (χ2n) is 7.13. The van der Waals surface area contributed by atoms with Crippen LogP contribution in [-0.2, 0) is 17.6 Å². The van der Waals surface area contributed by atoms with Crippen molar-refractivity contribution in [2.45, 2.75) is 50.7 Å². The highest BCUT2D eigenvalue weighted by Crippen LogP contribution is 2.25. The summed E-state index contributed by atoms with van der Waals surface area (Å²) >= 11 is 0. The first-order valence-electron chi connectivity index (χ1n) is 9.30.